The van der Waals surface area contributed by atoms with Gasteiger partial charge in [-0.05, 0) is 35.7 Å². The number of aromatic nitrogens is 1. The number of aliphatic hydroxyl groups excluding tert-OH is 1. The molecule has 0 bridgehead atoms. The Morgan fingerprint density at radius 2 is 1.82 bits per heavy atom. The molecule has 1 atom stereocenters. The molecule has 3 aromatic carbocycles. The van der Waals surface area contributed by atoms with Crippen LogP contribution in [0.2, 0.25) is 0 Å². The predicted molar refractivity (Wildman–Crippen MR) is 151 cm³/mol. The second kappa shape index (κ2) is 11.3. The number of carbonyl (C=O) groups is 1. The van der Waals surface area contributed by atoms with Gasteiger partial charge >= 0.3 is 0 Å². The lowest BCUT2D eigenvalue weighted by atomic mass is 9.96. The van der Waals surface area contributed by atoms with Crippen molar-refractivity contribution in [2.24, 2.45) is 0 Å². The second-order valence-electron chi connectivity index (χ2n) is 9.65. The van der Waals surface area contributed by atoms with Crippen molar-refractivity contribution in [3.8, 4) is 22.6 Å². The number of rotatable bonds is 7. The lowest BCUT2D eigenvalue weighted by Crippen LogP contribution is -2.42. The predicted octanol–water partition coefficient (Wildman–Crippen LogP) is 4.65. The molecule has 39 heavy (non-hydrogen) atoms. The van der Waals surface area contributed by atoms with Gasteiger partial charge in [-0.15, -0.1) is 0 Å². The summed E-state index contributed by atoms with van der Waals surface area (Å²) < 4.78 is 16.7. The molecule has 1 unspecified atom stereocenters. The van der Waals surface area contributed by atoms with E-state index in [2.05, 4.69) is 4.98 Å². The van der Waals surface area contributed by atoms with Crippen LogP contribution < -0.4 is 14.4 Å². The molecule has 0 radical (unpaired) electrons. The molecule has 4 aromatic rings. The summed E-state index contributed by atoms with van der Waals surface area (Å²) in [7, 11) is 5.06. The maximum Gasteiger partial charge on any atom is 0.256 e. The highest BCUT2D eigenvalue weighted by molar-refractivity contribution is 6.01. The van der Waals surface area contributed by atoms with Gasteiger partial charge in [0.25, 0.3) is 5.91 Å². The third kappa shape index (κ3) is 5.26. The van der Waals surface area contributed by atoms with Crippen LogP contribution in [-0.4, -0.2) is 68.2 Å². The van der Waals surface area contributed by atoms with Crippen LogP contribution in [0, 0.1) is 6.92 Å². The molecule has 1 fully saturated rings. The van der Waals surface area contributed by atoms with Gasteiger partial charge in [0.1, 0.15) is 17.3 Å². The Morgan fingerprint density at radius 1 is 1.08 bits per heavy atom. The number of morpholine rings is 1. The zero-order valence-electron chi connectivity index (χ0n) is 22.7. The van der Waals surface area contributed by atoms with Gasteiger partial charge in [-0.1, -0.05) is 48.5 Å². The summed E-state index contributed by atoms with van der Waals surface area (Å²) in [4.78, 5) is 22.2. The first-order valence-corrected chi connectivity index (χ1v) is 12.9. The molecule has 1 saturated heterocycles. The highest BCUT2D eigenvalue weighted by atomic mass is 16.6. The molecule has 8 nitrogen and oxygen atoms in total. The second-order valence-corrected chi connectivity index (χ2v) is 9.65. The van der Waals surface area contributed by atoms with Crippen molar-refractivity contribution in [3.63, 3.8) is 0 Å². The summed E-state index contributed by atoms with van der Waals surface area (Å²) in [6.07, 6.45) is 0.763. The Hall–Kier alpha value is -4.14. The first kappa shape index (κ1) is 26.5. The van der Waals surface area contributed by atoms with Gasteiger partial charge in [0, 0.05) is 42.7 Å². The maximum atomic E-state index is 14.0. The number of aliphatic hydroxyl groups is 1. The van der Waals surface area contributed by atoms with E-state index < -0.39 is 6.29 Å². The van der Waals surface area contributed by atoms with Crippen LogP contribution in [0.4, 0.5) is 5.82 Å². The fourth-order valence-electron chi connectivity index (χ4n) is 5.16. The van der Waals surface area contributed by atoms with Gasteiger partial charge < -0.3 is 29.1 Å². The molecular formula is C31H33N3O5. The zero-order chi connectivity index (χ0) is 27.5. The van der Waals surface area contributed by atoms with E-state index in [0.29, 0.717) is 43.4 Å². The largest absolute Gasteiger partial charge is 0.496 e. The molecular weight excluding hydrogens is 494 g/mol. The molecule has 0 saturated carbocycles. The van der Waals surface area contributed by atoms with Crippen LogP contribution in [0.3, 0.4) is 0 Å². The van der Waals surface area contributed by atoms with Crippen LogP contribution in [-0.2, 0) is 11.3 Å². The van der Waals surface area contributed by atoms with Gasteiger partial charge in [0.15, 0.2) is 6.29 Å². The average molecular weight is 528 g/mol. The van der Waals surface area contributed by atoms with E-state index in [1.165, 1.54) is 0 Å². The SMILES string of the molecule is COc1cc(CN(C)C(=O)c2cnc(N3CCOC(O)C3)cc2-c2ccccc2C)c(OC)c2ccccc12. The van der Waals surface area contributed by atoms with Crippen LogP contribution in [0.1, 0.15) is 21.5 Å². The Bertz CT molecular complexity index is 1510. The smallest absolute Gasteiger partial charge is 0.256 e. The molecule has 0 spiro atoms. The maximum absolute atomic E-state index is 14.0. The summed E-state index contributed by atoms with van der Waals surface area (Å²) in [6.45, 7) is 3.67. The summed E-state index contributed by atoms with van der Waals surface area (Å²) >= 11 is 0. The summed E-state index contributed by atoms with van der Waals surface area (Å²) in [5.74, 6) is 1.96. The number of hydrogen-bond donors (Lipinski definition) is 1. The molecule has 202 valence electrons. The third-order valence-corrected chi connectivity index (χ3v) is 7.14. The number of amides is 1. The number of aryl methyl sites for hydroxylation is 1. The molecule has 2 heterocycles. The van der Waals surface area contributed by atoms with E-state index in [1.807, 2.05) is 72.5 Å². The Kier molecular flexibility index (Phi) is 7.67. The van der Waals surface area contributed by atoms with E-state index in [4.69, 9.17) is 14.2 Å². The molecule has 1 amide bonds. The number of carbonyl (C=O) groups excluding carboxylic acids is 1. The fraction of sp³-hybridized carbons (Fsp3) is 0.290. The summed E-state index contributed by atoms with van der Waals surface area (Å²) in [6, 6.07) is 19.7. The topological polar surface area (TPSA) is 84.4 Å². The van der Waals surface area contributed by atoms with Crippen molar-refractivity contribution >= 4 is 22.5 Å². The van der Waals surface area contributed by atoms with Crippen molar-refractivity contribution < 1.29 is 24.1 Å². The van der Waals surface area contributed by atoms with E-state index in [-0.39, 0.29) is 5.91 Å². The molecule has 1 aliphatic rings. The molecule has 5 rings (SSSR count). The van der Waals surface area contributed by atoms with Crippen LogP contribution in [0.25, 0.3) is 21.9 Å². The molecule has 0 aliphatic carbocycles. The van der Waals surface area contributed by atoms with Gasteiger partial charge in [-0.25, -0.2) is 4.98 Å². The molecule has 1 N–H and O–H groups in total. The van der Waals surface area contributed by atoms with Crippen molar-refractivity contribution in [1.29, 1.82) is 0 Å². The van der Waals surface area contributed by atoms with E-state index in [1.54, 1.807) is 32.4 Å². The summed E-state index contributed by atoms with van der Waals surface area (Å²) in [5, 5.41) is 11.9. The average Bonchev–Trinajstić information content (AvgIpc) is 2.96. The van der Waals surface area contributed by atoms with E-state index in [9.17, 15) is 9.90 Å². The highest BCUT2D eigenvalue weighted by Crippen LogP contribution is 2.38. The lowest BCUT2D eigenvalue weighted by Gasteiger charge is -2.31. The van der Waals surface area contributed by atoms with Gasteiger partial charge in [0.05, 0.1) is 32.9 Å². The van der Waals surface area contributed by atoms with E-state index in [0.717, 1.165) is 38.8 Å². The molecule has 1 aromatic heterocycles. The lowest BCUT2D eigenvalue weighted by molar-refractivity contribution is -0.104. The number of benzene rings is 3. The summed E-state index contributed by atoms with van der Waals surface area (Å²) in [5.41, 5.74) is 4.13. The Labute approximate surface area is 228 Å². The Balaban J connectivity index is 1.53. The quantitative estimate of drug-likeness (QED) is 0.374. The van der Waals surface area contributed by atoms with Crippen LogP contribution in [0.15, 0.2) is 66.9 Å². The third-order valence-electron chi connectivity index (χ3n) is 7.14. The van der Waals surface area contributed by atoms with Gasteiger partial charge in [0.2, 0.25) is 0 Å². The number of methoxy groups -OCH3 is 2. The number of pyridine rings is 1. The van der Waals surface area contributed by atoms with Crippen LogP contribution in [0.5, 0.6) is 11.5 Å². The minimum atomic E-state index is -0.871. The standard InChI is InChI=1S/C31H33N3O5/c1-20-9-5-6-10-22(20)25-16-28(34-13-14-39-29(35)19-34)32-17-26(25)31(36)33(2)18-21-15-27(37-3)23-11-7-8-12-24(23)30(21)38-4/h5-12,15-17,29,35H,13-14,18-19H2,1-4H3. The zero-order valence-corrected chi connectivity index (χ0v) is 22.7. The highest BCUT2D eigenvalue weighted by Gasteiger charge is 2.25. The number of anilines is 1. The monoisotopic (exact) mass is 527 g/mol. The number of β-amino-alcohol motifs (C(OH)–C–C–N with tert-alkyl or cyclic N) is 1. The van der Waals surface area contributed by atoms with Crippen molar-refractivity contribution in [3.05, 3.63) is 83.6 Å². The number of fused-ring (bicyclic) bond motifs is 1. The Morgan fingerprint density at radius 3 is 2.54 bits per heavy atom. The minimum Gasteiger partial charge on any atom is -0.496 e. The number of nitrogens with zero attached hydrogens (tertiary/aromatic N) is 3. The van der Waals surface area contributed by atoms with Crippen molar-refractivity contribution in [2.75, 3.05) is 45.9 Å². The number of hydrogen-bond acceptors (Lipinski definition) is 7. The van der Waals surface area contributed by atoms with Gasteiger partial charge in [-0.3, -0.25) is 4.79 Å². The minimum absolute atomic E-state index is 0.163. The van der Waals surface area contributed by atoms with Crippen LogP contribution >= 0.6 is 0 Å². The number of ether oxygens (including phenoxy) is 3. The molecule has 8 heteroatoms. The molecule has 1 aliphatic heterocycles. The fourth-order valence-corrected chi connectivity index (χ4v) is 5.16. The first-order valence-electron chi connectivity index (χ1n) is 12.9. The van der Waals surface area contributed by atoms with Gasteiger partial charge in [-0.2, -0.15) is 0 Å². The normalized spacial score (nSPS) is 15.3. The van der Waals surface area contributed by atoms with E-state index >= 15 is 0 Å². The first-order chi connectivity index (χ1) is 18.9. The van der Waals surface area contributed by atoms with Crippen molar-refractivity contribution in [1.82, 2.24) is 9.88 Å². The van der Waals surface area contributed by atoms with Crippen molar-refractivity contribution in [2.45, 2.75) is 19.8 Å².